The molecule has 0 saturated carbocycles. The molecule has 0 aliphatic carbocycles. The first-order valence-electron chi connectivity index (χ1n) is 12.3. The van der Waals surface area contributed by atoms with Crippen LogP contribution in [0.5, 0.6) is 11.5 Å². The molecular formula is C29H31ClN2O4. The molecule has 0 radical (unpaired) electrons. The van der Waals surface area contributed by atoms with Crippen molar-refractivity contribution in [3.63, 3.8) is 0 Å². The van der Waals surface area contributed by atoms with Crippen molar-refractivity contribution in [2.75, 3.05) is 19.8 Å². The maximum atomic E-state index is 13.7. The number of likely N-dealkylation sites (N-methyl/N-ethyl adjacent to an activating group) is 1. The number of fused-ring (bicyclic) bond motifs is 1. The van der Waals surface area contributed by atoms with Crippen LogP contribution in [0.3, 0.4) is 0 Å². The van der Waals surface area contributed by atoms with E-state index in [0.717, 1.165) is 22.4 Å². The number of halogens is 1. The van der Waals surface area contributed by atoms with Crippen molar-refractivity contribution in [3.8, 4) is 11.5 Å². The van der Waals surface area contributed by atoms with Crippen molar-refractivity contribution in [2.24, 2.45) is 0 Å². The Labute approximate surface area is 217 Å². The Kier molecular flexibility index (Phi) is 8.85. The SMILES string of the molecule is CCNC(=O)C(Cc1ccccc1)N(Cc1cccc(Cl)c1)C(=O)CCc1ccc2c(c1)OCCO2. The second kappa shape index (κ2) is 12.5. The third kappa shape index (κ3) is 6.79. The highest BCUT2D eigenvalue weighted by Crippen LogP contribution is 2.31. The van der Waals surface area contributed by atoms with Crippen LogP contribution in [0.4, 0.5) is 0 Å². The quantitative estimate of drug-likeness (QED) is 0.428. The third-order valence-corrected chi connectivity index (χ3v) is 6.33. The highest BCUT2D eigenvalue weighted by molar-refractivity contribution is 6.30. The summed E-state index contributed by atoms with van der Waals surface area (Å²) in [6, 6.07) is 22.3. The molecule has 36 heavy (non-hydrogen) atoms. The second-order valence-electron chi connectivity index (χ2n) is 8.73. The third-order valence-electron chi connectivity index (χ3n) is 6.10. The maximum absolute atomic E-state index is 13.7. The standard InChI is InChI=1S/C29H31ClN2O4/c1-2-31-29(34)25(18-21-7-4-3-5-8-21)32(20-23-9-6-10-24(30)17-23)28(33)14-12-22-11-13-26-27(19-22)36-16-15-35-26/h3-11,13,17,19,25H,2,12,14-16,18,20H2,1H3,(H,31,34). The van der Waals surface area contributed by atoms with E-state index in [4.69, 9.17) is 21.1 Å². The summed E-state index contributed by atoms with van der Waals surface area (Å²) < 4.78 is 11.3. The molecule has 1 heterocycles. The van der Waals surface area contributed by atoms with Crippen molar-refractivity contribution >= 4 is 23.4 Å². The molecule has 0 saturated heterocycles. The van der Waals surface area contributed by atoms with Crippen molar-refractivity contribution in [1.29, 1.82) is 0 Å². The number of nitrogens with one attached hydrogen (secondary N) is 1. The highest BCUT2D eigenvalue weighted by atomic mass is 35.5. The van der Waals surface area contributed by atoms with Crippen LogP contribution in [-0.2, 0) is 29.0 Å². The average molecular weight is 507 g/mol. The molecule has 188 valence electrons. The number of amides is 2. The van der Waals surface area contributed by atoms with Gasteiger partial charge in [-0.25, -0.2) is 0 Å². The van der Waals surface area contributed by atoms with Gasteiger partial charge < -0.3 is 19.7 Å². The van der Waals surface area contributed by atoms with Gasteiger partial charge in [0.1, 0.15) is 19.3 Å². The van der Waals surface area contributed by atoms with Crippen LogP contribution >= 0.6 is 11.6 Å². The lowest BCUT2D eigenvalue weighted by Crippen LogP contribution is -2.50. The minimum Gasteiger partial charge on any atom is -0.486 e. The number of aryl methyl sites for hydroxylation is 1. The predicted molar refractivity (Wildman–Crippen MR) is 140 cm³/mol. The molecule has 3 aromatic rings. The van der Waals surface area contributed by atoms with E-state index in [1.807, 2.05) is 73.7 Å². The van der Waals surface area contributed by atoms with Gasteiger partial charge in [-0.05, 0) is 54.3 Å². The fourth-order valence-corrected chi connectivity index (χ4v) is 4.53. The van der Waals surface area contributed by atoms with Crippen molar-refractivity contribution in [1.82, 2.24) is 10.2 Å². The predicted octanol–water partition coefficient (Wildman–Crippen LogP) is 4.82. The van der Waals surface area contributed by atoms with E-state index in [1.54, 1.807) is 11.0 Å². The molecule has 0 spiro atoms. The van der Waals surface area contributed by atoms with E-state index in [9.17, 15) is 9.59 Å². The van der Waals surface area contributed by atoms with Gasteiger partial charge in [0.05, 0.1) is 0 Å². The molecule has 1 N–H and O–H groups in total. The summed E-state index contributed by atoms with van der Waals surface area (Å²) in [5, 5.41) is 3.51. The molecule has 7 heteroatoms. The molecular weight excluding hydrogens is 476 g/mol. The average Bonchev–Trinajstić information content (AvgIpc) is 2.90. The zero-order valence-corrected chi connectivity index (χ0v) is 21.2. The van der Waals surface area contributed by atoms with E-state index in [-0.39, 0.29) is 24.8 Å². The fourth-order valence-electron chi connectivity index (χ4n) is 4.32. The van der Waals surface area contributed by atoms with E-state index in [2.05, 4.69) is 5.32 Å². The summed E-state index contributed by atoms with van der Waals surface area (Å²) in [7, 11) is 0. The molecule has 0 bridgehead atoms. The summed E-state index contributed by atoms with van der Waals surface area (Å²) in [4.78, 5) is 28.6. The number of carbonyl (C=O) groups excluding carboxylic acids is 2. The lowest BCUT2D eigenvalue weighted by atomic mass is 10.0. The molecule has 0 fully saturated rings. The molecule has 4 rings (SSSR count). The van der Waals surface area contributed by atoms with Crippen LogP contribution in [-0.4, -0.2) is 42.5 Å². The maximum Gasteiger partial charge on any atom is 0.243 e. The first-order chi connectivity index (χ1) is 17.5. The molecule has 1 unspecified atom stereocenters. The number of benzene rings is 3. The first-order valence-corrected chi connectivity index (χ1v) is 12.7. The Hall–Kier alpha value is -3.51. The van der Waals surface area contributed by atoms with Gasteiger partial charge >= 0.3 is 0 Å². The summed E-state index contributed by atoms with van der Waals surface area (Å²) in [6.07, 6.45) is 1.20. The molecule has 6 nitrogen and oxygen atoms in total. The molecule has 1 atom stereocenters. The van der Waals surface area contributed by atoms with Gasteiger partial charge in [-0.1, -0.05) is 60.1 Å². The van der Waals surface area contributed by atoms with Gasteiger partial charge in [0.25, 0.3) is 0 Å². The monoisotopic (exact) mass is 506 g/mol. The van der Waals surface area contributed by atoms with Gasteiger partial charge in [-0.3, -0.25) is 9.59 Å². The van der Waals surface area contributed by atoms with Crippen LogP contribution in [0, 0.1) is 0 Å². The molecule has 1 aliphatic rings. The van der Waals surface area contributed by atoms with E-state index < -0.39 is 6.04 Å². The largest absolute Gasteiger partial charge is 0.486 e. The van der Waals surface area contributed by atoms with E-state index in [0.29, 0.717) is 43.4 Å². The number of hydrogen-bond acceptors (Lipinski definition) is 4. The molecule has 0 aromatic heterocycles. The van der Waals surface area contributed by atoms with Crippen LogP contribution in [0.2, 0.25) is 5.02 Å². The number of rotatable bonds is 10. The summed E-state index contributed by atoms with van der Waals surface area (Å²) in [6.45, 7) is 3.70. The smallest absolute Gasteiger partial charge is 0.243 e. The summed E-state index contributed by atoms with van der Waals surface area (Å²) in [5.41, 5.74) is 2.84. The van der Waals surface area contributed by atoms with Crippen molar-refractivity contribution < 1.29 is 19.1 Å². The van der Waals surface area contributed by atoms with Crippen LogP contribution < -0.4 is 14.8 Å². The van der Waals surface area contributed by atoms with Crippen LogP contribution in [0.1, 0.15) is 30.0 Å². The van der Waals surface area contributed by atoms with Crippen LogP contribution in [0.15, 0.2) is 72.8 Å². The minimum atomic E-state index is -0.654. The topological polar surface area (TPSA) is 67.9 Å². The highest BCUT2D eigenvalue weighted by Gasteiger charge is 2.30. The lowest BCUT2D eigenvalue weighted by molar-refractivity contribution is -0.141. The Morgan fingerprint density at radius 2 is 1.67 bits per heavy atom. The Morgan fingerprint density at radius 3 is 2.42 bits per heavy atom. The fraction of sp³-hybridized carbons (Fsp3) is 0.310. The van der Waals surface area contributed by atoms with Crippen molar-refractivity contribution in [3.05, 3.63) is 94.5 Å². The molecule has 1 aliphatic heterocycles. The van der Waals surface area contributed by atoms with Gasteiger partial charge in [0, 0.05) is 31.0 Å². The Morgan fingerprint density at radius 1 is 0.917 bits per heavy atom. The number of nitrogens with zero attached hydrogens (tertiary/aromatic N) is 1. The zero-order valence-electron chi connectivity index (χ0n) is 20.4. The van der Waals surface area contributed by atoms with Gasteiger partial charge in [0.2, 0.25) is 11.8 Å². The number of hydrogen-bond donors (Lipinski definition) is 1. The first kappa shape index (κ1) is 25.6. The number of ether oxygens (including phenoxy) is 2. The number of carbonyl (C=O) groups is 2. The van der Waals surface area contributed by atoms with E-state index in [1.165, 1.54) is 0 Å². The van der Waals surface area contributed by atoms with E-state index >= 15 is 0 Å². The normalized spacial score (nSPS) is 13.1. The lowest BCUT2D eigenvalue weighted by Gasteiger charge is -2.31. The Bertz CT molecular complexity index is 1180. The van der Waals surface area contributed by atoms with Gasteiger partial charge in [-0.15, -0.1) is 0 Å². The Balaban J connectivity index is 1.58. The van der Waals surface area contributed by atoms with Crippen LogP contribution in [0.25, 0.3) is 0 Å². The molecule has 2 amide bonds. The second-order valence-corrected chi connectivity index (χ2v) is 9.17. The molecule has 3 aromatic carbocycles. The minimum absolute atomic E-state index is 0.1000. The van der Waals surface area contributed by atoms with Gasteiger partial charge in [0.15, 0.2) is 11.5 Å². The summed E-state index contributed by atoms with van der Waals surface area (Å²) >= 11 is 6.22. The van der Waals surface area contributed by atoms with Gasteiger partial charge in [-0.2, -0.15) is 0 Å². The zero-order chi connectivity index (χ0) is 25.3. The van der Waals surface area contributed by atoms with Crippen molar-refractivity contribution in [2.45, 2.75) is 38.8 Å². The summed E-state index contributed by atoms with van der Waals surface area (Å²) in [5.74, 6) is 1.15.